The molecule has 1 aliphatic carbocycles. The Morgan fingerprint density at radius 2 is 1.95 bits per heavy atom. The van der Waals surface area contributed by atoms with Crippen LogP contribution in [0.3, 0.4) is 0 Å². The number of fused-ring (bicyclic) bond motifs is 1. The molecule has 3 unspecified atom stereocenters. The van der Waals surface area contributed by atoms with Crippen LogP contribution in [0.25, 0.3) is 0 Å². The molecule has 1 heterocycles. The van der Waals surface area contributed by atoms with Crippen molar-refractivity contribution in [2.75, 3.05) is 12.3 Å². The summed E-state index contributed by atoms with van der Waals surface area (Å²) < 4.78 is 27.7. The van der Waals surface area contributed by atoms with Crippen molar-refractivity contribution >= 4 is 15.7 Å². The molecule has 1 saturated carbocycles. The van der Waals surface area contributed by atoms with Crippen LogP contribution in [0.4, 0.5) is 5.69 Å². The molecule has 4 nitrogen and oxygen atoms in total. The summed E-state index contributed by atoms with van der Waals surface area (Å²) in [5, 5.41) is 0. The van der Waals surface area contributed by atoms with Gasteiger partial charge in [0.25, 0.3) is 0 Å². The highest BCUT2D eigenvalue weighted by molar-refractivity contribution is 7.89. The molecule has 5 heteroatoms. The lowest BCUT2D eigenvalue weighted by atomic mass is 9.74. The number of piperidine rings is 1. The fourth-order valence-corrected chi connectivity index (χ4v) is 5.75. The van der Waals surface area contributed by atoms with Gasteiger partial charge in [-0.1, -0.05) is 25.8 Å². The smallest absolute Gasteiger partial charge is 0.243 e. The summed E-state index contributed by atoms with van der Waals surface area (Å²) in [6, 6.07) is 6.84. The van der Waals surface area contributed by atoms with Crippen molar-refractivity contribution in [3.63, 3.8) is 0 Å². The Kier molecular flexibility index (Phi) is 3.97. The van der Waals surface area contributed by atoms with Crippen molar-refractivity contribution < 1.29 is 8.42 Å². The van der Waals surface area contributed by atoms with Gasteiger partial charge in [0.15, 0.2) is 0 Å². The molecule has 116 valence electrons. The zero-order valence-corrected chi connectivity index (χ0v) is 13.3. The van der Waals surface area contributed by atoms with Crippen LogP contribution in [0.15, 0.2) is 29.2 Å². The maximum atomic E-state index is 13.0. The fourth-order valence-electron chi connectivity index (χ4n) is 3.98. The van der Waals surface area contributed by atoms with E-state index in [-0.39, 0.29) is 6.04 Å². The number of anilines is 1. The highest BCUT2D eigenvalue weighted by Gasteiger charge is 2.42. The summed E-state index contributed by atoms with van der Waals surface area (Å²) in [5.41, 5.74) is 6.26. The van der Waals surface area contributed by atoms with Crippen molar-refractivity contribution in [3.8, 4) is 0 Å². The number of rotatable bonds is 2. The average Bonchev–Trinajstić information content (AvgIpc) is 2.47. The van der Waals surface area contributed by atoms with E-state index in [0.29, 0.717) is 29.0 Å². The molecule has 3 atom stereocenters. The van der Waals surface area contributed by atoms with Gasteiger partial charge in [0, 0.05) is 18.3 Å². The van der Waals surface area contributed by atoms with E-state index < -0.39 is 10.0 Å². The van der Waals surface area contributed by atoms with Gasteiger partial charge in [-0.2, -0.15) is 4.31 Å². The van der Waals surface area contributed by atoms with Gasteiger partial charge in [-0.15, -0.1) is 0 Å². The molecule has 2 N–H and O–H groups in total. The zero-order chi connectivity index (χ0) is 15.0. The first-order chi connectivity index (χ1) is 10.00. The molecule has 1 aromatic carbocycles. The first-order valence-electron chi connectivity index (χ1n) is 7.87. The molecule has 3 rings (SSSR count). The topological polar surface area (TPSA) is 63.4 Å². The van der Waals surface area contributed by atoms with E-state index >= 15 is 0 Å². The standard InChI is InChI=1S/C16H24N2O2S/c1-12-9-10-18(16-8-3-2-7-15(12)16)21(19,20)14-6-4-5-13(17)11-14/h4-6,11-12,15-16H,2-3,7-10,17H2,1H3. The Hall–Kier alpha value is -1.07. The summed E-state index contributed by atoms with van der Waals surface area (Å²) >= 11 is 0. The van der Waals surface area contributed by atoms with Gasteiger partial charge >= 0.3 is 0 Å². The third-order valence-electron chi connectivity index (χ3n) is 5.15. The number of sulfonamides is 1. The van der Waals surface area contributed by atoms with Gasteiger partial charge < -0.3 is 5.73 Å². The second-order valence-corrected chi connectivity index (χ2v) is 8.36. The Morgan fingerprint density at radius 3 is 2.71 bits per heavy atom. The monoisotopic (exact) mass is 308 g/mol. The molecule has 0 amide bonds. The Morgan fingerprint density at radius 1 is 1.19 bits per heavy atom. The minimum atomic E-state index is -3.43. The minimum Gasteiger partial charge on any atom is -0.399 e. The number of hydrogen-bond donors (Lipinski definition) is 1. The quantitative estimate of drug-likeness (QED) is 0.855. The van der Waals surface area contributed by atoms with Crippen molar-refractivity contribution in [3.05, 3.63) is 24.3 Å². The van der Waals surface area contributed by atoms with Crippen LogP contribution in [0.5, 0.6) is 0 Å². The second-order valence-electron chi connectivity index (χ2n) is 6.47. The van der Waals surface area contributed by atoms with Crippen LogP contribution in [0.1, 0.15) is 39.0 Å². The number of nitrogens with zero attached hydrogens (tertiary/aromatic N) is 1. The van der Waals surface area contributed by atoms with Gasteiger partial charge in [0.2, 0.25) is 10.0 Å². The predicted molar refractivity (Wildman–Crippen MR) is 84.3 cm³/mol. The molecule has 0 radical (unpaired) electrons. The number of nitrogens with two attached hydrogens (primary N) is 1. The molecular weight excluding hydrogens is 284 g/mol. The first-order valence-corrected chi connectivity index (χ1v) is 9.31. The van der Waals surface area contributed by atoms with Crippen molar-refractivity contribution in [1.29, 1.82) is 0 Å². The SMILES string of the molecule is CC1CCN(S(=O)(=O)c2cccc(N)c2)C2CCCCC12. The highest BCUT2D eigenvalue weighted by atomic mass is 32.2. The fraction of sp³-hybridized carbons (Fsp3) is 0.625. The number of benzene rings is 1. The third kappa shape index (κ3) is 2.69. The van der Waals surface area contributed by atoms with Gasteiger partial charge in [-0.3, -0.25) is 0 Å². The van der Waals surface area contributed by atoms with Crippen LogP contribution in [0.2, 0.25) is 0 Å². The largest absolute Gasteiger partial charge is 0.399 e. The molecule has 1 saturated heterocycles. The van der Waals surface area contributed by atoms with Crippen LogP contribution in [-0.2, 0) is 10.0 Å². The van der Waals surface area contributed by atoms with E-state index in [0.717, 1.165) is 25.7 Å². The Bertz CT molecular complexity index is 614. The van der Waals surface area contributed by atoms with Crippen LogP contribution < -0.4 is 5.73 Å². The zero-order valence-electron chi connectivity index (χ0n) is 12.5. The summed E-state index contributed by atoms with van der Waals surface area (Å²) in [6.07, 6.45) is 5.49. The molecule has 1 aromatic rings. The van der Waals surface area contributed by atoms with Crippen molar-refractivity contribution in [2.24, 2.45) is 11.8 Å². The number of hydrogen-bond acceptors (Lipinski definition) is 3. The maximum Gasteiger partial charge on any atom is 0.243 e. The second kappa shape index (κ2) is 5.61. The van der Waals surface area contributed by atoms with Crippen LogP contribution in [-0.4, -0.2) is 25.3 Å². The summed E-state index contributed by atoms with van der Waals surface area (Å²) in [7, 11) is -3.43. The first kappa shape index (κ1) is 14.9. The van der Waals surface area contributed by atoms with Crippen molar-refractivity contribution in [1.82, 2.24) is 4.31 Å². The Balaban J connectivity index is 1.94. The molecule has 1 aliphatic heterocycles. The molecule has 2 aliphatic rings. The molecular formula is C16H24N2O2S. The Labute approximate surface area is 127 Å². The number of nitrogen functional groups attached to an aromatic ring is 1. The van der Waals surface area contributed by atoms with E-state index in [4.69, 9.17) is 5.73 Å². The normalized spacial score (nSPS) is 30.8. The predicted octanol–water partition coefficient (Wildman–Crippen LogP) is 2.86. The molecule has 0 spiro atoms. The van der Waals surface area contributed by atoms with Gasteiger partial charge in [0.1, 0.15) is 0 Å². The molecule has 21 heavy (non-hydrogen) atoms. The van der Waals surface area contributed by atoms with Gasteiger partial charge in [0.05, 0.1) is 4.90 Å². The van der Waals surface area contributed by atoms with E-state index in [9.17, 15) is 8.42 Å². The molecule has 2 fully saturated rings. The third-order valence-corrected chi connectivity index (χ3v) is 7.07. The lowest BCUT2D eigenvalue weighted by molar-refractivity contribution is 0.0827. The van der Waals surface area contributed by atoms with Crippen molar-refractivity contribution in [2.45, 2.75) is 50.0 Å². The highest BCUT2D eigenvalue weighted by Crippen LogP contribution is 2.41. The van der Waals surface area contributed by atoms with Gasteiger partial charge in [-0.05, 0) is 49.3 Å². The molecule has 0 aromatic heterocycles. The minimum absolute atomic E-state index is 0.175. The molecule has 0 bridgehead atoms. The summed E-state index contributed by atoms with van der Waals surface area (Å²) in [5.74, 6) is 1.14. The lowest BCUT2D eigenvalue weighted by Gasteiger charge is -2.46. The lowest BCUT2D eigenvalue weighted by Crippen LogP contribution is -2.52. The van der Waals surface area contributed by atoms with Gasteiger partial charge in [-0.25, -0.2) is 8.42 Å². The van der Waals surface area contributed by atoms with E-state index in [1.54, 1.807) is 28.6 Å². The summed E-state index contributed by atoms with van der Waals surface area (Å²) in [6.45, 7) is 2.91. The maximum absolute atomic E-state index is 13.0. The summed E-state index contributed by atoms with van der Waals surface area (Å²) in [4.78, 5) is 0.335. The van der Waals surface area contributed by atoms with Crippen LogP contribution >= 0.6 is 0 Å². The van der Waals surface area contributed by atoms with E-state index in [1.165, 1.54) is 6.42 Å². The van der Waals surface area contributed by atoms with Crippen LogP contribution in [0, 0.1) is 11.8 Å². The average molecular weight is 308 g/mol. The van der Waals surface area contributed by atoms with E-state index in [2.05, 4.69) is 6.92 Å². The van der Waals surface area contributed by atoms with E-state index in [1.807, 2.05) is 0 Å².